The summed E-state index contributed by atoms with van der Waals surface area (Å²) in [5.74, 6) is -0.111. The zero-order chi connectivity index (χ0) is 14.5. The molecule has 19 heavy (non-hydrogen) atoms. The topological polar surface area (TPSA) is 44.5 Å². The van der Waals surface area contributed by atoms with Crippen LogP contribution in [0.15, 0.2) is 18.2 Å². The molecule has 108 valence electrons. The lowest BCUT2D eigenvalue weighted by molar-refractivity contribution is -0.175. The summed E-state index contributed by atoms with van der Waals surface area (Å²) in [6.45, 7) is 0.0540. The molecule has 2 N–H and O–H groups in total. The molecule has 0 spiro atoms. The Bertz CT molecular complexity index is 407. The molecule has 0 aliphatic carbocycles. The number of alkyl halides is 3. The van der Waals surface area contributed by atoms with Gasteiger partial charge in [0.05, 0.1) is 6.61 Å². The highest BCUT2D eigenvalue weighted by Crippen LogP contribution is 2.24. The van der Waals surface area contributed by atoms with E-state index < -0.39 is 24.6 Å². The van der Waals surface area contributed by atoms with Crippen LogP contribution < -0.4 is 10.5 Å². The Morgan fingerprint density at radius 2 is 1.95 bits per heavy atom. The Morgan fingerprint density at radius 1 is 1.26 bits per heavy atom. The van der Waals surface area contributed by atoms with Crippen molar-refractivity contribution in [1.82, 2.24) is 0 Å². The Labute approximate surface area is 108 Å². The van der Waals surface area contributed by atoms with Crippen LogP contribution in [0.3, 0.4) is 0 Å². The highest BCUT2D eigenvalue weighted by atomic mass is 19.4. The van der Waals surface area contributed by atoms with E-state index >= 15 is 0 Å². The summed E-state index contributed by atoms with van der Waals surface area (Å²) in [5.41, 5.74) is 6.10. The fourth-order valence-corrected chi connectivity index (χ4v) is 1.41. The normalized spacial score (nSPS) is 13.4. The number of hydrogen-bond acceptors (Lipinski definition) is 3. The van der Waals surface area contributed by atoms with Gasteiger partial charge in [-0.1, -0.05) is 0 Å². The van der Waals surface area contributed by atoms with E-state index in [1.807, 2.05) is 0 Å². The van der Waals surface area contributed by atoms with Crippen LogP contribution in [0, 0.1) is 5.82 Å². The van der Waals surface area contributed by atoms with Crippen molar-refractivity contribution in [3.8, 4) is 5.75 Å². The summed E-state index contributed by atoms with van der Waals surface area (Å²) in [5, 5.41) is 0. The summed E-state index contributed by atoms with van der Waals surface area (Å²) in [6.07, 6.45) is -4.35. The van der Waals surface area contributed by atoms with E-state index in [0.29, 0.717) is 11.3 Å². The molecule has 0 aliphatic rings. The average molecular weight is 281 g/mol. The Hall–Kier alpha value is -1.34. The summed E-state index contributed by atoms with van der Waals surface area (Å²) >= 11 is 0. The van der Waals surface area contributed by atoms with Crippen LogP contribution in [0.2, 0.25) is 0 Å². The fraction of sp³-hybridized carbons (Fsp3) is 0.500. The number of rotatable bonds is 6. The molecule has 0 amide bonds. The lowest BCUT2D eigenvalue weighted by Crippen LogP contribution is -2.19. The van der Waals surface area contributed by atoms with E-state index in [1.165, 1.54) is 18.2 Å². The van der Waals surface area contributed by atoms with Gasteiger partial charge in [-0.05, 0) is 25.1 Å². The molecule has 0 radical (unpaired) electrons. The molecular formula is C12H15F4NO2. The van der Waals surface area contributed by atoms with Crippen LogP contribution in [0.4, 0.5) is 17.6 Å². The molecule has 1 atom stereocenters. The number of hydrogen-bond donors (Lipinski definition) is 1. The van der Waals surface area contributed by atoms with E-state index in [0.717, 1.165) is 0 Å². The third kappa shape index (κ3) is 5.89. The molecule has 0 saturated carbocycles. The summed E-state index contributed by atoms with van der Waals surface area (Å²) < 4.78 is 58.0. The highest BCUT2D eigenvalue weighted by Gasteiger charge is 2.27. The number of benzene rings is 1. The van der Waals surface area contributed by atoms with Crippen molar-refractivity contribution in [1.29, 1.82) is 0 Å². The summed E-state index contributed by atoms with van der Waals surface area (Å²) in [6, 6.07) is 3.37. The second kappa shape index (κ2) is 6.72. The molecular weight excluding hydrogens is 266 g/mol. The maximum absolute atomic E-state index is 13.0. The molecule has 1 aromatic rings. The van der Waals surface area contributed by atoms with Gasteiger partial charge in [0, 0.05) is 11.6 Å². The lowest BCUT2D eigenvalue weighted by Gasteiger charge is -2.14. The number of ether oxygens (including phenoxy) is 2. The predicted octanol–water partition coefficient (Wildman–Crippen LogP) is 2.80. The molecule has 3 nitrogen and oxygen atoms in total. The smallest absolute Gasteiger partial charge is 0.411 e. The van der Waals surface area contributed by atoms with Crippen molar-refractivity contribution in [2.24, 2.45) is 5.73 Å². The molecule has 1 rings (SSSR count). The maximum atomic E-state index is 13.0. The molecule has 7 heteroatoms. The molecule has 0 aliphatic heterocycles. The van der Waals surface area contributed by atoms with Gasteiger partial charge in [-0.2, -0.15) is 13.2 Å². The summed E-state index contributed by atoms with van der Waals surface area (Å²) in [7, 11) is 0. The van der Waals surface area contributed by atoms with E-state index in [-0.39, 0.29) is 13.2 Å². The minimum atomic E-state index is -4.35. The van der Waals surface area contributed by atoms with Crippen LogP contribution in [0.25, 0.3) is 0 Å². The molecule has 0 fully saturated rings. The Kier molecular flexibility index (Phi) is 5.56. The third-order valence-corrected chi connectivity index (χ3v) is 2.21. The van der Waals surface area contributed by atoms with Crippen LogP contribution in [0.5, 0.6) is 5.75 Å². The SMILES string of the molecule is C[C@@H](N)c1cc(F)ccc1OCCOCC(F)(F)F. The van der Waals surface area contributed by atoms with Gasteiger partial charge in [-0.3, -0.25) is 0 Å². The van der Waals surface area contributed by atoms with Crippen LogP contribution in [-0.2, 0) is 4.74 Å². The molecule has 0 aromatic heterocycles. The lowest BCUT2D eigenvalue weighted by atomic mass is 10.1. The molecule has 0 saturated heterocycles. The Balaban J connectivity index is 2.45. The van der Waals surface area contributed by atoms with E-state index in [2.05, 4.69) is 4.74 Å². The van der Waals surface area contributed by atoms with Gasteiger partial charge in [-0.25, -0.2) is 4.39 Å². The first-order valence-corrected chi connectivity index (χ1v) is 5.62. The van der Waals surface area contributed by atoms with Gasteiger partial charge in [0.15, 0.2) is 0 Å². The second-order valence-corrected chi connectivity index (χ2v) is 3.99. The van der Waals surface area contributed by atoms with Crippen LogP contribution >= 0.6 is 0 Å². The van der Waals surface area contributed by atoms with E-state index in [9.17, 15) is 17.6 Å². The molecule has 0 bridgehead atoms. The van der Waals surface area contributed by atoms with Gasteiger partial charge < -0.3 is 15.2 Å². The predicted molar refractivity (Wildman–Crippen MR) is 61.4 cm³/mol. The maximum Gasteiger partial charge on any atom is 0.411 e. The third-order valence-electron chi connectivity index (χ3n) is 2.21. The highest BCUT2D eigenvalue weighted by molar-refractivity contribution is 5.36. The molecule has 0 heterocycles. The fourth-order valence-electron chi connectivity index (χ4n) is 1.41. The summed E-state index contributed by atoms with van der Waals surface area (Å²) in [4.78, 5) is 0. The van der Waals surface area contributed by atoms with Gasteiger partial charge in [0.25, 0.3) is 0 Å². The minimum absolute atomic E-state index is 0.0680. The van der Waals surface area contributed by atoms with Crippen LogP contribution in [0.1, 0.15) is 18.5 Å². The quantitative estimate of drug-likeness (QED) is 0.644. The van der Waals surface area contributed by atoms with E-state index in [1.54, 1.807) is 6.92 Å². The van der Waals surface area contributed by atoms with Gasteiger partial charge in [0.1, 0.15) is 24.8 Å². The first-order valence-electron chi connectivity index (χ1n) is 5.62. The van der Waals surface area contributed by atoms with Crippen molar-refractivity contribution < 1.29 is 27.0 Å². The molecule has 0 unspecified atom stereocenters. The zero-order valence-electron chi connectivity index (χ0n) is 10.3. The van der Waals surface area contributed by atoms with Gasteiger partial charge in [-0.15, -0.1) is 0 Å². The molecule has 1 aromatic carbocycles. The zero-order valence-corrected chi connectivity index (χ0v) is 10.3. The largest absolute Gasteiger partial charge is 0.491 e. The Morgan fingerprint density at radius 3 is 2.53 bits per heavy atom. The first kappa shape index (κ1) is 15.7. The standard InChI is InChI=1S/C12H15F4NO2/c1-8(17)10-6-9(13)2-3-11(10)19-5-4-18-7-12(14,15)16/h2-3,6,8H,4-5,7,17H2,1H3/t8-/m1/s1. The van der Waals surface area contributed by atoms with Crippen molar-refractivity contribution >= 4 is 0 Å². The average Bonchev–Trinajstić information content (AvgIpc) is 2.28. The van der Waals surface area contributed by atoms with Crippen molar-refractivity contribution in [3.63, 3.8) is 0 Å². The monoisotopic (exact) mass is 281 g/mol. The van der Waals surface area contributed by atoms with Crippen molar-refractivity contribution in [2.75, 3.05) is 19.8 Å². The van der Waals surface area contributed by atoms with Crippen molar-refractivity contribution in [2.45, 2.75) is 19.1 Å². The van der Waals surface area contributed by atoms with Gasteiger partial charge in [0.2, 0.25) is 0 Å². The van der Waals surface area contributed by atoms with Gasteiger partial charge >= 0.3 is 6.18 Å². The van der Waals surface area contributed by atoms with Crippen molar-refractivity contribution in [3.05, 3.63) is 29.6 Å². The first-order chi connectivity index (χ1) is 8.79. The number of halogens is 4. The van der Waals surface area contributed by atoms with Crippen LogP contribution in [-0.4, -0.2) is 26.0 Å². The number of nitrogens with two attached hydrogens (primary N) is 1. The minimum Gasteiger partial charge on any atom is -0.491 e. The van der Waals surface area contributed by atoms with E-state index in [4.69, 9.17) is 10.5 Å². The second-order valence-electron chi connectivity index (χ2n) is 3.99.